The van der Waals surface area contributed by atoms with Crippen LogP contribution in [0.2, 0.25) is 5.02 Å². The zero-order valence-corrected chi connectivity index (χ0v) is 14.7. The fourth-order valence-electron chi connectivity index (χ4n) is 2.40. The number of carbonyl (C=O) groups excluding carboxylic acids is 1. The average Bonchev–Trinajstić information content (AvgIpc) is 2.61. The van der Waals surface area contributed by atoms with Gasteiger partial charge in [0, 0.05) is 30.1 Å². The van der Waals surface area contributed by atoms with Crippen molar-refractivity contribution in [3.05, 3.63) is 64.7 Å². The topological polar surface area (TPSA) is 66.8 Å². The maximum absolute atomic E-state index is 12.8. The van der Waals surface area contributed by atoms with Gasteiger partial charge in [-0.3, -0.25) is 9.59 Å². The molecule has 25 heavy (non-hydrogen) atoms. The highest BCUT2D eigenvalue weighted by atomic mass is 35.5. The lowest BCUT2D eigenvalue weighted by molar-refractivity contribution is -0.137. The predicted molar refractivity (Wildman–Crippen MR) is 96.1 cm³/mol. The summed E-state index contributed by atoms with van der Waals surface area (Å²) in [5.74, 6) is -0.286. The number of aliphatic carboxylic acids is 1. The maximum atomic E-state index is 12.8. The number of hydrogen-bond donors (Lipinski definition) is 1. The summed E-state index contributed by atoms with van der Waals surface area (Å²) in [7, 11) is 1.59. The number of carboxylic acid groups (broad SMARTS) is 1. The predicted octanol–water partition coefficient (Wildman–Crippen LogP) is 3.86. The summed E-state index contributed by atoms with van der Waals surface area (Å²) < 4.78 is 5.14. The van der Waals surface area contributed by atoms with Gasteiger partial charge in [-0.15, -0.1) is 0 Å². The molecule has 5 nitrogen and oxygen atoms in total. The minimum atomic E-state index is -0.872. The lowest BCUT2D eigenvalue weighted by atomic mass is 10.1. The molecule has 2 aromatic rings. The van der Waals surface area contributed by atoms with E-state index < -0.39 is 5.97 Å². The molecule has 0 heterocycles. The van der Waals surface area contributed by atoms with Crippen molar-refractivity contribution in [2.24, 2.45) is 0 Å². The summed E-state index contributed by atoms with van der Waals surface area (Å²) in [6, 6.07) is 14.1. The molecule has 0 aliphatic carbocycles. The lowest BCUT2D eigenvalue weighted by Gasteiger charge is -2.23. The summed E-state index contributed by atoms with van der Waals surface area (Å²) in [5.41, 5.74) is 1.46. The molecular formula is C19H20ClNO4. The van der Waals surface area contributed by atoms with Crippen molar-refractivity contribution >= 4 is 23.5 Å². The van der Waals surface area contributed by atoms with Gasteiger partial charge in [-0.05, 0) is 48.4 Å². The Bertz CT molecular complexity index is 713. The Morgan fingerprint density at radius 1 is 1.08 bits per heavy atom. The third-order valence-electron chi connectivity index (χ3n) is 3.73. The maximum Gasteiger partial charge on any atom is 0.303 e. The van der Waals surface area contributed by atoms with E-state index in [4.69, 9.17) is 21.4 Å². The first kappa shape index (κ1) is 18.8. The number of carbonyl (C=O) groups is 2. The quantitative estimate of drug-likeness (QED) is 0.775. The van der Waals surface area contributed by atoms with Crippen LogP contribution in [0.5, 0.6) is 5.75 Å². The highest BCUT2D eigenvalue weighted by Gasteiger charge is 2.16. The van der Waals surface area contributed by atoms with Crippen LogP contribution in [0.3, 0.4) is 0 Å². The number of nitrogens with zero attached hydrogens (tertiary/aromatic N) is 1. The number of methoxy groups -OCH3 is 1. The van der Waals surface area contributed by atoms with Gasteiger partial charge in [0.1, 0.15) is 5.75 Å². The number of amides is 1. The first-order valence-electron chi connectivity index (χ1n) is 7.89. The van der Waals surface area contributed by atoms with E-state index in [1.165, 1.54) is 0 Å². The summed E-state index contributed by atoms with van der Waals surface area (Å²) >= 11 is 5.87. The number of ether oxygens (including phenoxy) is 1. The van der Waals surface area contributed by atoms with E-state index in [2.05, 4.69) is 0 Å². The van der Waals surface area contributed by atoms with Crippen LogP contribution in [0.25, 0.3) is 0 Å². The molecule has 0 aliphatic rings. The molecule has 0 unspecified atom stereocenters. The Balaban J connectivity index is 2.14. The Hall–Kier alpha value is -2.53. The first-order valence-corrected chi connectivity index (χ1v) is 8.27. The van der Waals surface area contributed by atoms with Crippen molar-refractivity contribution in [3.8, 4) is 5.75 Å². The third kappa shape index (κ3) is 5.80. The zero-order chi connectivity index (χ0) is 18.2. The molecule has 0 radical (unpaired) electrons. The molecule has 0 saturated heterocycles. The molecule has 0 atom stereocenters. The van der Waals surface area contributed by atoms with Crippen LogP contribution in [0, 0.1) is 0 Å². The van der Waals surface area contributed by atoms with Crippen LogP contribution in [0.4, 0.5) is 0 Å². The van der Waals surface area contributed by atoms with Gasteiger partial charge in [-0.25, -0.2) is 0 Å². The van der Waals surface area contributed by atoms with Gasteiger partial charge in [-0.2, -0.15) is 0 Å². The van der Waals surface area contributed by atoms with Crippen molar-refractivity contribution in [3.63, 3.8) is 0 Å². The molecule has 0 aromatic heterocycles. The molecule has 0 spiro atoms. The standard InChI is InChI=1S/C19H20ClNO4/c1-25-17-10-4-14(5-11-17)13-21(12-2-3-18(22)23)19(24)15-6-8-16(20)9-7-15/h4-11H,2-3,12-13H2,1H3,(H,22,23). The molecule has 6 heteroatoms. The van der Waals surface area contributed by atoms with Crippen LogP contribution in [-0.4, -0.2) is 35.5 Å². The summed E-state index contributed by atoms with van der Waals surface area (Å²) in [4.78, 5) is 25.2. The van der Waals surface area contributed by atoms with Crippen LogP contribution in [0.1, 0.15) is 28.8 Å². The SMILES string of the molecule is COc1ccc(CN(CCCC(=O)O)C(=O)c2ccc(Cl)cc2)cc1. The van der Waals surface area contributed by atoms with E-state index in [-0.39, 0.29) is 12.3 Å². The van der Waals surface area contributed by atoms with Crippen molar-refractivity contribution < 1.29 is 19.4 Å². The molecule has 1 N–H and O–H groups in total. The monoisotopic (exact) mass is 361 g/mol. The van der Waals surface area contributed by atoms with Gasteiger partial charge in [0.15, 0.2) is 0 Å². The molecule has 0 bridgehead atoms. The number of halogens is 1. The number of benzene rings is 2. The lowest BCUT2D eigenvalue weighted by Crippen LogP contribution is -2.31. The van der Waals surface area contributed by atoms with Crippen LogP contribution < -0.4 is 4.74 Å². The first-order chi connectivity index (χ1) is 12.0. The zero-order valence-electron chi connectivity index (χ0n) is 13.9. The average molecular weight is 362 g/mol. The number of carboxylic acids is 1. The minimum Gasteiger partial charge on any atom is -0.497 e. The van der Waals surface area contributed by atoms with Crippen molar-refractivity contribution in [2.75, 3.05) is 13.7 Å². The van der Waals surface area contributed by atoms with Gasteiger partial charge in [-0.1, -0.05) is 23.7 Å². The Morgan fingerprint density at radius 3 is 2.28 bits per heavy atom. The molecule has 2 aromatic carbocycles. The van der Waals surface area contributed by atoms with E-state index in [1.54, 1.807) is 36.3 Å². The minimum absolute atomic E-state index is 0.0208. The highest BCUT2D eigenvalue weighted by Crippen LogP contribution is 2.17. The summed E-state index contributed by atoms with van der Waals surface area (Å²) in [6.45, 7) is 0.755. The van der Waals surface area contributed by atoms with Gasteiger partial charge in [0.25, 0.3) is 5.91 Å². The van der Waals surface area contributed by atoms with E-state index in [0.29, 0.717) is 30.1 Å². The molecule has 0 fully saturated rings. The van der Waals surface area contributed by atoms with Gasteiger partial charge >= 0.3 is 5.97 Å². The van der Waals surface area contributed by atoms with E-state index in [1.807, 2.05) is 24.3 Å². The van der Waals surface area contributed by atoms with Gasteiger partial charge < -0.3 is 14.7 Å². The molecule has 2 rings (SSSR count). The highest BCUT2D eigenvalue weighted by molar-refractivity contribution is 6.30. The number of rotatable bonds is 8. The molecular weight excluding hydrogens is 342 g/mol. The van der Waals surface area contributed by atoms with E-state index >= 15 is 0 Å². The second-order valence-corrected chi connectivity index (χ2v) is 6.02. The van der Waals surface area contributed by atoms with Crippen LogP contribution >= 0.6 is 11.6 Å². The van der Waals surface area contributed by atoms with Gasteiger partial charge in [0.05, 0.1) is 7.11 Å². The van der Waals surface area contributed by atoms with E-state index in [0.717, 1.165) is 11.3 Å². The largest absolute Gasteiger partial charge is 0.497 e. The van der Waals surface area contributed by atoms with E-state index in [9.17, 15) is 9.59 Å². The van der Waals surface area contributed by atoms with Crippen molar-refractivity contribution in [1.82, 2.24) is 4.90 Å². The van der Waals surface area contributed by atoms with Crippen molar-refractivity contribution in [1.29, 1.82) is 0 Å². The third-order valence-corrected chi connectivity index (χ3v) is 3.98. The second kappa shape index (κ2) is 9.08. The molecule has 132 valence electrons. The van der Waals surface area contributed by atoms with Gasteiger partial charge in [0.2, 0.25) is 0 Å². The van der Waals surface area contributed by atoms with Crippen LogP contribution in [-0.2, 0) is 11.3 Å². The number of hydrogen-bond acceptors (Lipinski definition) is 3. The molecule has 0 saturated carbocycles. The fraction of sp³-hybridized carbons (Fsp3) is 0.263. The second-order valence-electron chi connectivity index (χ2n) is 5.58. The molecule has 1 amide bonds. The Labute approximate surface area is 151 Å². The summed E-state index contributed by atoms with van der Waals surface area (Å²) in [5, 5.41) is 9.39. The Morgan fingerprint density at radius 2 is 1.72 bits per heavy atom. The van der Waals surface area contributed by atoms with Crippen molar-refractivity contribution in [2.45, 2.75) is 19.4 Å². The fourth-order valence-corrected chi connectivity index (χ4v) is 2.53. The molecule has 0 aliphatic heterocycles. The summed E-state index contributed by atoms with van der Waals surface area (Å²) in [6.07, 6.45) is 0.415. The van der Waals surface area contributed by atoms with Crippen LogP contribution in [0.15, 0.2) is 48.5 Å². The Kier molecular flexibility index (Phi) is 6.83. The normalized spacial score (nSPS) is 10.3. The smallest absolute Gasteiger partial charge is 0.303 e.